The molecule has 11 rings (SSSR count). The van der Waals surface area contributed by atoms with Gasteiger partial charge in [0.2, 0.25) is 0 Å². The second-order valence-electron chi connectivity index (χ2n) is 13.7. The Hall–Kier alpha value is -7.89. The van der Waals surface area contributed by atoms with Gasteiger partial charge >= 0.3 is 0 Å². The molecular formula is C53H34N4O. The summed E-state index contributed by atoms with van der Waals surface area (Å²) in [7, 11) is 0. The van der Waals surface area contributed by atoms with Crippen LogP contribution in [-0.2, 0) is 0 Å². The summed E-state index contributed by atoms with van der Waals surface area (Å²) in [6.45, 7) is 0. The lowest BCUT2D eigenvalue weighted by molar-refractivity contribution is 0.669. The number of hydrogen-bond donors (Lipinski definition) is 0. The van der Waals surface area contributed by atoms with Crippen molar-refractivity contribution in [3.63, 3.8) is 0 Å². The number of furan rings is 1. The monoisotopic (exact) mass is 752 g/mol. The first-order valence-corrected chi connectivity index (χ1v) is 18.6. The first kappa shape index (κ1) is 24.6. The zero-order valence-corrected chi connectivity index (χ0v) is 30.6. The predicted octanol–water partition coefficient (Wildman–Crippen LogP) is 14.2. The van der Waals surface area contributed by atoms with Gasteiger partial charge in [-0.05, 0) is 87.2 Å². The van der Waals surface area contributed by atoms with Gasteiger partial charge in [-0.15, -0.1) is 0 Å². The topological polar surface area (TPSA) is 55.1 Å². The highest BCUT2D eigenvalue weighted by Crippen LogP contribution is 2.43. The molecule has 0 atom stereocenters. The number of anilines is 3. The van der Waals surface area contributed by atoms with E-state index in [2.05, 4.69) is 30.3 Å². The molecule has 5 heteroatoms. The van der Waals surface area contributed by atoms with Crippen LogP contribution in [0.2, 0.25) is 0 Å². The average Bonchev–Trinajstić information content (AvgIpc) is 3.76. The van der Waals surface area contributed by atoms with Gasteiger partial charge < -0.3 is 9.32 Å². The van der Waals surface area contributed by atoms with Crippen molar-refractivity contribution in [1.29, 1.82) is 0 Å². The van der Waals surface area contributed by atoms with Crippen LogP contribution in [0, 0.1) is 0 Å². The Bertz CT molecular complexity index is 3770. The highest BCUT2D eigenvalue weighted by molar-refractivity contribution is 6.17. The fraction of sp³-hybridized carbons (Fsp3) is 0. The molecular weight excluding hydrogens is 709 g/mol. The van der Waals surface area contributed by atoms with Crippen molar-refractivity contribution < 1.29 is 18.1 Å². The standard InChI is InChI=1S/C53H34N4O/c1-4-16-36(17-5-1)51-54-52(38-28-27-35-15-10-11-18-37(35)33-38)56-53(55-51)46-32-31-44(42-23-12-13-24-43(42)46)45-25-14-26-48-50(45)47-30-29-41(34-49(47)58-48)57(39-19-6-2-7-20-39)40-21-8-3-9-22-40/h1-34H/i2D,3D,6D,7D,8D,9D,19D,20D,21D,22D. The van der Waals surface area contributed by atoms with Gasteiger partial charge in [0.25, 0.3) is 0 Å². The maximum Gasteiger partial charge on any atom is 0.164 e. The number of fused-ring (bicyclic) bond motifs is 5. The van der Waals surface area contributed by atoms with E-state index in [4.69, 9.17) is 33.1 Å². The number of nitrogens with zero attached hydrogens (tertiary/aromatic N) is 4. The molecule has 0 aliphatic rings. The summed E-state index contributed by atoms with van der Waals surface area (Å²) in [5, 5.41) is 5.46. The number of hydrogen-bond acceptors (Lipinski definition) is 5. The molecule has 2 aromatic heterocycles. The molecule has 0 aliphatic heterocycles. The molecule has 58 heavy (non-hydrogen) atoms. The van der Waals surface area contributed by atoms with E-state index < -0.39 is 71.8 Å². The van der Waals surface area contributed by atoms with Crippen molar-refractivity contribution in [3.05, 3.63) is 206 Å². The van der Waals surface area contributed by atoms with Gasteiger partial charge in [0.15, 0.2) is 17.5 Å². The van der Waals surface area contributed by atoms with Crippen LogP contribution in [0.3, 0.4) is 0 Å². The molecule has 0 N–H and O–H groups in total. The Kier molecular flexibility index (Phi) is 5.93. The van der Waals surface area contributed by atoms with Crippen LogP contribution in [-0.4, -0.2) is 15.0 Å². The minimum atomic E-state index is -0.649. The largest absolute Gasteiger partial charge is 0.456 e. The Balaban J connectivity index is 1.09. The Morgan fingerprint density at radius 3 is 1.79 bits per heavy atom. The summed E-state index contributed by atoms with van der Waals surface area (Å²) >= 11 is 0. The average molecular weight is 753 g/mol. The molecule has 0 spiro atoms. The van der Waals surface area contributed by atoms with Crippen LogP contribution in [0.15, 0.2) is 210 Å². The van der Waals surface area contributed by atoms with Crippen molar-refractivity contribution in [2.45, 2.75) is 0 Å². The van der Waals surface area contributed by atoms with Gasteiger partial charge in [0.05, 0.1) is 13.7 Å². The molecule has 0 saturated carbocycles. The van der Waals surface area contributed by atoms with Crippen LogP contribution in [0.1, 0.15) is 13.7 Å². The van der Waals surface area contributed by atoms with Crippen LogP contribution < -0.4 is 4.90 Å². The van der Waals surface area contributed by atoms with Gasteiger partial charge in [-0.1, -0.05) is 145 Å². The van der Waals surface area contributed by atoms with E-state index >= 15 is 0 Å². The number of benzene rings is 9. The molecule has 0 fully saturated rings. The van der Waals surface area contributed by atoms with Crippen LogP contribution >= 0.6 is 0 Å². The van der Waals surface area contributed by atoms with Gasteiger partial charge in [-0.2, -0.15) is 0 Å². The van der Waals surface area contributed by atoms with E-state index in [9.17, 15) is 0 Å². The maximum atomic E-state index is 8.89. The summed E-state index contributed by atoms with van der Waals surface area (Å²) in [5.74, 6) is 1.59. The Labute approximate surface area is 349 Å². The third-order valence-electron chi connectivity index (χ3n) is 10.3. The maximum absolute atomic E-state index is 8.89. The predicted molar refractivity (Wildman–Crippen MR) is 239 cm³/mol. The van der Waals surface area contributed by atoms with Crippen LogP contribution in [0.4, 0.5) is 17.1 Å². The molecule has 9 aromatic carbocycles. The number of para-hydroxylation sites is 2. The molecule has 0 bridgehead atoms. The smallest absolute Gasteiger partial charge is 0.164 e. The minimum Gasteiger partial charge on any atom is -0.456 e. The highest BCUT2D eigenvalue weighted by Gasteiger charge is 2.20. The quantitative estimate of drug-likeness (QED) is 0.162. The molecule has 0 saturated heterocycles. The van der Waals surface area contributed by atoms with Gasteiger partial charge in [0.1, 0.15) is 11.2 Å². The van der Waals surface area contributed by atoms with Crippen LogP contribution in [0.5, 0.6) is 0 Å². The summed E-state index contributed by atoms with van der Waals surface area (Å²) < 4.78 is 92.4. The lowest BCUT2D eigenvalue weighted by Gasteiger charge is -2.25. The zero-order chi connectivity index (χ0) is 47.1. The van der Waals surface area contributed by atoms with Gasteiger partial charge in [-0.25, -0.2) is 15.0 Å². The summed E-state index contributed by atoms with van der Waals surface area (Å²) in [5.41, 5.74) is 4.49. The van der Waals surface area contributed by atoms with Crippen LogP contribution in [0.25, 0.3) is 88.8 Å². The van der Waals surface area contributed by atoms with E-state index in [-0.39, 0.29) is 5.69 Å². The Morgan fingerprint density at radius 1 is 0.397 bits per heavy atom. The van der Waals surface area contributed by atoms with E-state index in [1.807, 2.05) is 97.1 Å². The molecule has 2 heterocycles. The van der Waals surface area contributed by atoms with E-state index in [0.29, 0.717) is 34.0 Å². The fourth-order valence-electron chi connectivity index (χ4n) is 7.66. The Morgan fingerprint density at radius 2 is 1.03 bits per heavy atom. The van der Waals surface area contributed by atoms with Crippen molar-refractivity contribution in [3.8, 4) is 45.3 Å². The molecule has 0 unspecified atom stereocenters. The van der Waals surface area contributed by atoms with Gasteiger partial charge in [0, 0.05) is 50.6 Å². The zero-order valence-electron chi connectivity index (χ0n) is 40.6. The fourth-order valence-corrected chi connectivity index (χ4v) is 7.66. The third kappa shape index (κ3) is 5.85. The lowest BCUT2D eigenvalue weighted by atomic mass is 9.92. The first-order valence-electron chi connectivity index (χ1n) is 23.6. The van der Waals surface area contributed by atoms with Gasteiger partial charge in [-0.3, -0.25) is 0 Å². The second-order valence-corrected chi connectivity index (χ2v) is 13.7. The SMILES string of the molecule is [2H]c1c([2H])c([2H])c(N(c2ccc3c(c2)oc2cccc(-c4ccc(-c5nc(-c6ccccc6)nc(-c6ccc7ccccc7c6)n5)c5ccccc45)c23)c2c([2H])c([2H])c([2H])c([2H])c2[2H])c([2H])c1[2H]. The van der Waals surface area contributed by atoms with Crippen molar-refractivity contribution in [2.24, 2.45) is 0 Å². The van der Waals surface area contributed by atoms with E-state index in [1.54, 1.807) is 18.2 Å². The van der Waals surface area contributed by atoms with Crippen molar-refractivity contribution in [1.82, 2.24) is 15.0 Å². The van der Waals surface area contributed by atoms with E-state index in [1.165, 1.54) is 0 Å². The third-order valence-corrected chi connectivity index (χ3v) is 10.3. The van der Waals surface area contributed by atoms with Crippen molar-refractivity contribution in [2.75, 3.05) is 4.90 Å². The number of aromatic nitrogens is 3. The molecule has 5 nitrogen and oxygen atoms in total. The summed E-state index contributed by atoms with van der Waals surface area (Å²) in [4.78, 5) is 16.3. The summed E-state index contributed by atoms with van der Waals surface area (Å²) in [6, 6.07) is 40.6. The number of rotatable bonds is 7. The lowest BCUT2D eigenvalue weighted by Crippen LogP contribution is -2.09. The molecule has 11 aromatic rings. The molecule has 0 radical (unpaired) electrons. The molecule has 0 amide bonds. The summed E-state index contributed by atoms with van der Waals surface area (Å²) in [6.07, 6.45) is 0. The van der Waals surface area contributed by atoms with Crippen molar-refractivity contribution >= 4 is 60.5 Å². The molecule has 0 aliphatic carbocycles. The highest BCUT2D eigenvalue weighted by atomic mass is 16.3. The van der Waals surface area contributed by atoms with E-state index in [0.717, 1.165) is 59.6 Å². The second kappa shape index (κ2) is 14.0. The normalized spacial score (nSPS) is 13.9. The minimum absolute atomic E-state index is 0.139. The first-order chi connectivity index (χ1) is 32.9. The molecule has 272 valence electrons.